The molecule has 0 bridgehead atoms. The Balaban J connectivity index is 2.87. The van der Waals surface area contributed by atoms with Gasteiger partial charge >= 0.3 is 5.97 Å². The fraction of sp³-hybridized carbons (Fsp3) is 0.364. The molecule has 1 N–H and O–H groups in total. The predicted molar refractivity (Wildman–Crippen MR) is 126 cm³/mol. The quantitative estimate of drug-likeness (QED) is 0.445. The number of aromatic nitrogens is 1. The Bertz CT molecular complexity index is 1060. The summed E-state index contributed by atoms with van der Waals surface area (Å²) in [6.07, 6.45) is 2.07. The van der Waals surface area contributed by atoms with Crippen LogP contribution in [0.5, 0.6) is 0 Å². The van der Waals surface area contributed by atoms with Gasteiger partial charge in [0.1, 0.15) is 12.7 Å². The minimum Gasteiger partial charge on any atom is -0.479 e. The number of aryl methyl sites for hydroxylation is 2. The number of fused-ring (bicyclic) bond motifs is 1. The third-order valence-electron chi connectivity index (χ3n) is 4.45. The molecule has 2 heterocycles. The van der Waals surface area contributed by atoms with Gasteiger partial charge in [-0.25, -0.2) is 14.2 Å². The van der Waals surface area contributed by atoms with Gasteiger partial charge in [0.25, 0.3) is 0 Å². The molecule has 160 valence electrons. The van der Waals surface area contributed by atoms with Gasteiger partial charge in [0.15, 0.2) is 6.10 Å². The van der Waals surface area contributed by atoms with E-state index in [9.17, 15) is 14.3 Å². The van der Waals surface area contributed by atoms with E-state index in [0.717, 1.165) is 15.1 Å². The highest BCUT2D eigenvalue weighted by Gasteiger charge is 2.32. The maximum absolute atomic E-state index is 13.5. The average Bonchev–Trinajstić information content (AvgIpc) is 2.98. The lowest BCUT2D eigenvalue weighted by atomic mass is 9.90. The second-order valence-corrected chi connectivity index (χ2v) is 9.58. The van der Waals surface area contributed by atoms with Crippen LogP contribution < -0.4 is 0 Å². The summed E-state index contributed by atoms with van der Waals surface area (Å²) >= 11 is 7.70. The van der Waals surface area contributed by atoms with Crippen LogP contribution in [0.4, 0.5) is 4.39 Å². The van der Waals surface area contributed by atoms with Crippen LogP contribution in [-0.4, -0.2) is 29.5 Å². The van der Waals surface area contributed by atoms with E-state index in [1.807, 2.05) is 13.0 Å². The Hall–Kier alpha value is -1.96. The highest BCUT2D eigenvalue weighted by atomic mass is 35.5. The molecule has 1 atom stereocenters. The number of thiophene rings is 1. The van der Waals surface area contributed by atoms with E-state index >= 15 is 0 Å². The normalized spacial score (nSPS) is 15.0. The van der Waals surface area contributed by atoms with Gasteiger partial charge < -0.3 is 9.84 Å². The Kier molecular flexibility index (Phi) is 7.66. The second-order valence-electron chi connectivity index (χ2n) is 8.12. The van der Waals surface area contributed by atoms with Crippen LogP contribution in [0.1, 0.15) is 55.5 Å². The summed E-state index contributed by atoms with van der Waals surface area (Å²) in [6.45, 7) is 10.5. The first-order valence-electron chi connectivity index (χ1n) is 9.48. The summed E-state index contributed by atoms with van der Waals surface area (Å²) in [7, 11) is 1.66. The van der Waals surface area contributed by atoms with E-state index < -0.39 is 17.7 Å². The number of hydrogen-bond donors (Lipinski definition) is 1. The first-order valence-corrected chi connectivity index (χ1v) is 10.7. The molecule has 0 aliphatic rings. The summed E-state index contributed by atoms with van der Waals surface area (Å²) in [5, 5.41) is 10.8. The smallest absolute Gasteiger partial charge is 0.337 e. The van der Waals surface area contributed by atoms with Crippen LogP contribution in [0.3, 0.4) is 0 Å². The van der Waals surface area contributed by atoms with Gasteiger partial charge in [-0.05, 0) is 53.2 Å². The number of aliphatic carboxylic acids is 1. The van der Waals surface area contributed by atoms with Gasteiger partial charge in [0, 0.05) is 32.6 Å². The molecule has 0 saturated carbocycles. The summed E-state index contributed by atoms with van der Waals surface area (Å²) in [5.74, 6) is -1.42. The number of carboxylic acids is 1. The van der Waals surface area contributed by atoms with Crippen molar-refractivity contribution < 1.29 is 19.0 Å². The molecule has 30 heavy (non-hydrogen) atoms. The molecule has 2 aromatic heterocycles. The number of hydrogen-bond acceptors (Lipinski definition) is 4. The molecule has 8 heteroatoms. The lowest BCUT2D eigenvalue weighted by molar-refractivity contribution is -0.160. The number of carbonyl (C=O) groups is 1. The Morgan fingerprint density at radius 2 is 2.00 bits per heavy atom. The molecule has 0 saturated heterocycles. The maximum Gasteiger partial charge on any atom is 0.337 e. The zero-order valence-corrected chi connectivity index (χ0v) is 19.8. The van der Waals surface area contributed by atoms with E-state index in [2.05, 4.69) is 4.98 Å². The zero-order valence-electron chi connectivity index (χ0n) is 18.3. The molecule has 0 radical (unpaired) electrons. The Morgan fingerprint density at radius 1 is 1.37 bits per heavy atom. The monoisotopic (exact) mass is 449 g/mol. The van der Waals surface area contributed by atoms with E-state index in [1.54, 1.807) is 47.7 Å². The number of carboxylic acid groups (broad SMARTS) is 1. The lowest BCUT2D eigenvalue weighted by Crippen LogP contribution is -2.28. The molecule has 0 aliphatic carbocycles. The molecule has 0 unspecified atom stereocenters. The van der Waals surface area contributed by atoms with Crippen LogP contribution in [-0.2, 0) is 9.53 Å². The molecule has 2 rings (SSSR count). The number of allylic oxidation sites excluding steroid dienone is 5. The van der Waals surface area contributed by atoms with E-state index in [0.29, 0.717) is 27.9 Å². The van der Waals surface area contributed by atoms with Crippen molar-refractivity contribution in [3.63, 3.8) is 0 Å². The standard InChI is InChI=1S/C22H26BClFNO3S/c1-11-9-15-18(14(10-24)7-8-16(23)12(2)25)17(13(3)26-20(15)30-11)19(21(27)28)29-22(4,5)6/h7-10,19H,23H2,1-6H3,(H,27,28)/b8-7-,14-10-,16-12-/t19-/m0/s1. The van der Waals surface area contributed by atoms with Crippen LogP contribution in [0.25, 0.3) is 15.8 Å². The molecule has 0 amide bonds. The SMILES string of the molecule is BC(/C=C\C(=C\Cl)c1c([C@H](OC(C)(C)C)C(=O)O)c(C)nc2sc(C)cc12)=C(/C)F. The zero-order chi connectivity index (χ0) is 22.8. The van der Waals surface area contributed by atoms with Crippen LogP contribution in [0, 0.1) is 13.8 Å². The van der Waals surface area contributed by atoms with E-state index in [-0.39, 0.29) is 5.83 Å². The van der Waals surface area contributed by atoms with Crippen molar-refractivity contribution in [1.82, 2.24) is 4.98 Å². The fourth-order valence-electron chi connectivity index (χ4n) is 3.02. The average molecular weight is 450 g/mol. The second kappa shape index (κ2) is 9.46. The number of rotatable bonds is 6. The van der Waals surface area contributed by atoms with E-state index in [1.165, 1.54) is 23.8 Å². The Labute approximate surface area is 186 Å². The predicted octanol–water partition coefficient (Wildman–Crippen LogP) is 5.82. The van der Waals surface area contributed by atoms with E-state index in [4.69, 9.17) is 16.3 Å². The largest absolute Gasteiger partial charge is 0.479 e. The van der Waals surface area contributed by atoms with Gasteiger partial charge in [-0.15, -0.1) is 11.3 Å². The van der Waals surface area contributed by atoms with Gasteiger partial charge in [-0.2, -0.15) is 0 Å². The topological polar surface area (TPSA) is 59.4 Å². The third kappa shape index (κ3) is 5.59. The molecular formula is C22H26BClFNO3S. The molecular weight excluding hydrogens is 424 g/mol. The van der Waals surface area contributed by atoms with Crippen molar-refractivity contribution >= 4 is 52.5 Å². The number of halogens is 2. The molecule has 4 nitrogen and oxygen atoms in total. The highest BCUT2D eigenvalue weighted by Crippen LogP contribution is 2.40. The number of ether oxygens (including phenoxy) is 1. The highest BCUT2D eigenvalue weighted by molar-refractivity contribution is 7.18. The number of pyridine rings is 1. The van der Waals surface area contributed by atoms with Gasteiger partial charge in [0.2, 0.25) is 0 Å². The fourth-order valence-corrected chi connectivity index (χ4v) is 4.14. The molecule has 0 fully saturated rings. The van der Waals surface area contributed by atoms with Crippen molar-refractivity contribution in [1.29, 1.82) is 0 Å². The minimum atomic E-state index is -1.24. The van der Waals surface area contributed by atoms with Gasteiger partial charge in [-0.1, -0.05) is 29.2 Å². The lowest BCUT2D eigenvalue weighted by Gasteiger charge is -2.27. The van der Waals surface area contributed by atoms with Crippen molar-refractivity contribution in [2.45, 2.75) is 53.2 Å². The molecule has 2 aromatic rings. The van der Waals surface area contributed by atoms with Crippen LogP contribution in [0.15, 0.2) is 35.1 Å². The van der Waals surface area contributed by atoms with Gasteiger partial charge in [0.05, 0.1) is 11.4 Å². The first-order chi connectivity index (χ1) is 13.9. The van der Waals surface area contributed by atoms with Crippen molar-refractivity contribution in [3.05, 3.63) is 56.8 Å². The summed E-state index contributed by atoms with van der Waals surface area (Å²) in [5.41, 5.74) is 3.32. The summed E-state index contributed by atoms with van der Waals surface area (Å²) in [4.78, 5) is 18.7. The van der Waals surface area contributed by atoms with Crippen LogP contribution >= 0.6 is 22.9 Å². The maximum atomic E-state index is 13.5. The minimum absolute atomic E-state index is 0.303. The molecule has 0 spiro atoms. The summed E-state index contributed by atoms with van der Waals surface area (Å²) in [6, 6.07) is 1.96. The third-order valence-corrected chi connectivity index (χ3v) is 5.63. The van der Waals surface area contributed by atoms with Crippen molar-refractivity contribution in [2.24, 2.45) is 0 Å². The number of nitrogens with zero attached hydrogens (tertiary/aromatic N) is 1. The van der Waals surface area contributed by atoms with Crippen molar-refractivity contribution in [3.8, 4) is 0 Å². The van der Waals surface area contributed by atoms with Crippen LogP contribution in [0.2, 0.25) is 0 Å². The van der Waals surface area contributed by atoms with Crippen molar-refractivity contribution in [2.75, 3.05) is 0 Å². The first kappa shape index (κ1) is 24.3. The van der Waals surface area contributed by atoms with Gasteiger partial charge in [-0.3, -0.25) is 0 Å². The molecule has 0 aliphatic heterocycles. The summed E-state index contributed by atoms with van der Waals surface area (Å²) < 4.78 is 19.5. The Morgan fingerprint density at radius 3 is 2.50 bits per heavy atom. The molecule has 0 aromatic carbocycles.